The molecule has 0 spiro atoms. The van der Waals surface area contributed by atoms with E-state index >= 15 is 0 Å². The lowest BCUT2D eigenvalue weighted by Gasteiger charge is -2.14. The summed E-state index contributed by atoms with van der Waals surface area (Å²) in [6, 6.07) is 8.37. The number of amides is 1. The minimum absolute atomic E-state index is 0.171. The summed E-state index contributed by atoms with van der Waals surface area (Å²) >= 11 is 1.19. The van der Waals surface area contributed by atoms with E-state index in [-0.39, 0.29) is 11.5 Å². The topological polar surface area (TPSA) is 97.7 Å². The van der Waals surface area contributed by atoms with E-state index in [9.17, 15) is 14.7 Å². The van der Waals surface area contributed by atoms with E-state index < -0.39 is 5.97 Å². The zero-order chi connectivity index (χ0) is 22.7. The highest BCUT2D eigenvalue weighted by molar-refractivity contribution is 8.18. The molecule has 0 atom stereocenters. The van der Waals surface area contributed by atoms with Crippen LogP contribution in [0.4, 0.5) is 5.69 Å². The molecule has 9 heteroatoms. The Balaban J connectivity index is 2.01. The molecule has 0 aliphatic carbocycles. The number of ether oxygens (including phenoxy) is 3. The van der Waals surface area contributed by atoms with Gasteiger partial charge in [0.1, 0.15) is 0 Å². The fourth-order valence-electron chi connectivity index (χ4n) is 3.11. The van der Waals surface area contributed by atoms with E-state index in [1.807, 2.05) is 0 Å². The van der Waals surface area contributed by atoms with Crippen molar-refractivity contribution in [3.05, 3.63) is 51.9 Å². The number of methoxy groups -OCH3 is 3. The van der Waals surface area contributed by atoms with E-state index in [0.717, 1.165) is 0 Å². The van der Waals surface area contributed by atoms with Gasteiger partial charge in [-0.1, -0.05) is 6.07 Å². The number of nitrogens with zero attached hydrogens (tertiary/aromatic N) is 2. The predicted molar refractivity (Wildman–Crippen MR) is 120 cm³/mol. The van der Waals surface area contributed by atoms with Crippen LogP contribution in [0.2, 0.25) is 0 Å². The van der Waals surface area contributed by atoms with Crippen LogP contribution >= 0.6 is 11.8 Å². The highest BCUT2D eigenvalue weighted by Gasteiger charge is 2.31. The number of thioether (sulfide) groups is 1. The maximum Gasteiger partial charge on any atom is 0.336 e. The Morgan fingerprint density at radius 3 is 2.42 bits per heavy atom. The zero-order valence-corrected chi connectivity index (χ0v) is 18.6. The van der Waals surface area contributed by atoms with Crippen molar-refractivity contribution in [3.63, 3.8) is 0 Å². The molecule has 8 nitrogen and oxygen atoms in total. The van der Waals surface area contributed by atoms with Crippen molar-refractivity contribution < 1.29 is 28.9 Å². The lowest BCUT2D eigenvalue weighted by molar-refractivity contribution is -0.121. The van der Waals surface area contributed by atoms with Gasteiger partial charge in [0.15, 0.2) is 16.7 Å². The molecule has 1 aliphatic heterocycles. The third kappa shape index (κ3) is 4.22. The Kier molecular flexibility index (Phi) is 6.55. The second-order valence-corrected chi connectivity index (χ2v) is 7.56. The van der Waals surface area contributed by atoms with Crippen LogP contribution in [0.15, 0.2) is 40.2 Å². The van der Waals surface area contributed by atoms with Gasteiger partial charge in [-0.3, -0.25) is 9.69 Å². The number of aliphatic imine (C=N–C) groups is 1. The Hall–Kier alpha value is -3.46. The number of carboxylic acid groups (broad SMARTS) is 1. The zero-order valence-electron chi connectivity index (χ0n) is 17.8. The molecule has 31 heavy (non-hydrogen) atoms. The molecule has 1 heterocycles. The first-order valence-electron chi connectivity index (χ1n) is 9.20. The SMILES string of the molecule is COc1ccc(/C=C2\SC(=Nc3cccc(C(=O)O)c3C)N(C)C2=O)c(OC)c1OC. The summed E-state index contributed by atoms with van der Waals surface area (Å²) in [5.41, 5.74) is 1.84. The maximum absolute atomic E-state index is 12.8. The molecule has 1 amide bonds. The first kappa shape index (κ1) is 22.2. The summed E-state index contributed by atoms with van der Waals surface area (Å²) in [5.74, 6) is 0.135. The summed E-state index contributed by atoms with van der Waals surface area (Å²) in [5, 5.41) is 9.77. The number of carbonyl (C=O) groups excluding carboxylic acids is 1. The van der Waals surface area contributed by atoms with Gasteiger partial charge in [0.05, 0.1) is 37.5 Å². The third-order valence-corrected chi connectivity index (χ3v) is 5.84. The molecule has 1 aliphatic rings. The number of likely N-dealkylation sites (N-methyl/N-ethyl adjacent to an activating group) is 1. The summed E-state index contributed by atoms with van der Waals surface area (Å²) in [4.78, 5) is 30.6. The molecule has 2 aromatic carbocycles. The largest absolute Gasteiger partial charge is 0.493 e. The smallest absolute Gasteiger partial charge is 0.336 e. The van der Waals surface area contributed by atoms with Crippen LogP contribution in [-0.2, 0) is 4.79 Å². The van der Waals surface area contributed by atoms with Crippen molar-refractivity contribution in [1.29, 1.82) is 0 Å². The van der Waals surface area contributed by atoms with E-state index in [2.05, 4.69) is 4.99 Å². The first-order chi connectivity index (χ1) is 14.8. The number of hydrogen-bond acceptors (Lipinski definition) is 7. The predicted octanol–water partition coefficient (Wildman–Crippen LogP) is 3.95. The van der Waals surface area contributed by atoms with Crippen LogP contribution in [0.25, 0.3) is 6.08 Å². The van der Waals surface area contributed by atoms with Gasteiger partial charge in [0.25, 0.3) is 5.91 Å². The highest BCUT2D eigenvalue weighted by atomic mass is 32.2. The summed E-state index contributed by atoms with van der Waals surface area (Å²) in [6.07, 6.45) is 1.70. The molecule has 0 bridgehead atoms. The van der Waals surface area contributed by atoms with E-state index in [4.69, 9.17) is 14.2 Å². The fraction of sp³-hybridized carbons (Fsp3) is 0.227. The molecule has 2 aromatic rings. The van der Waals surface area contributed by atoms with Crippen molar-refractivity contribution in [2.45, 2.75) is 6.92 Å². The van der Waals surface area contributed by atoms with Crippen molar-refractivity contribution in [3.8, 4) is 17.2 Å². The van der Waals surface area contributed by atoms with Gasteiger partial charge >= 0.3 is 5.97 Å². The fourth-order valence-corrected chi connectivity index (χ4v) is 4.08. The average molecular weight is 442 g/mol. The second kappa shape index (κ2) is 9.13. The monoisotopic (exact) mass is 442 g/mol. The van der Waals surface area contributed by atoms with E-state index in [1.165, 1.54) is 44.1 Å². The van der Waals surface area contributed by atoms with Gasteiger partial charge in [-0.2, -0.15) is 0 Å². The van der Waals surface area contributed by atoms with Crippen LogP contribution in [0.5, 0.6) is 17.2 Å². The Labute approximate surface area is 184 Å². The molecule has 0 radical (unpaired) electrons. The third-order valence-electron chi connectivity index (χ3n) is 4.78. The Morgan fingerprint density at radius 1 is 1.10 bits per heavy atom. The van der Waals surface area contributed by atoms with Crippen molar-refractivity contribution in [2.75, 3.05) is 28.4 Å². The molecular weight excluding hydrogens is 420 g/mol. The van der Waals surface area contributed by atoms with Crippen LogP contribution in [0, 0.1) is 6.92 Å². The average Bonchev–Trinajstić information content (AvgIpc) is 3.02. The van der Waals surface area contributed by atoms with Gasteiger partial charge < -0.3 is 19.3 Å². The van der Waals surface area contributed by atoms with Crippen molar-refractivity contribution >= 4 is 40.6 Å². The molecular formula is C22H22N2O6S. The number of carbonyl (C=O) groups is 2. The number of hydrogen-bond donors (Lipinski definition) is 1. The van der Waals surface area contributed by atoms with Crippen LogP contribution in [0.3, 0.4) is 0 Å². The number of aromatic carboxylic acids is 1. The van der Waals surface area contributed by atoms with Crippen LogP contribution in [0.1, 0.15) is 21.5 Å². The van der Waals surface area contributed by atoms with Crippen molar-refractivity contribution in [2.24, 2.45) is 4.99 Å². The van der Waals surface area contributed by atoms with Crippen LogP contribution < -0.4 is 14.2 Å². The molecule has 3 rings (SSSR count). The van der Waals surface area contributed by atoms with Gasteiger partial charge in [-0.25, -0.2) is 9.79 Å². The van der Waals surface area contributed by atoms with E-state index in [0.29, 0.717) is 44.1 Å². The van der Waals surface area contributed by atoms with Crippen LogP contribution in [-0.4, -0.2) is 55.4 Å². The molecule has 1 saturated heterocycles. The summed E-state index contributed by atoms with van der Waals surface area (Å²) in [6.45, 7) is 1.69. The minimum Gasteiger partial charge on any atom is -0.493 e. The van der Waals surface area contributed by atoms with Crippen molar-refractivity contribution in [1.82, 2.24) is 4.90 Å². The van der Waals surface area contributed by atoms with E-state index in [1.54, 1.807) is 44.3 Å². The minimum atomic E-state index is -1.02. The molecule has 0 saturated carbocycles. The molecule has 1 N–H and O–H groups in total. The normalized spacial score (nSPS) is 16.2. The maximum atomic E-state index is 12.8. The van der Waals surface area contributed by atoms with Gasteiger partial charge in [-0.05, 0) is 54.6 Å². The Bertz CT molecular complexity index is 1110. The summed E-state index contributed by atoms with van der Waals surface area (Å²) in [7, 11) is 6.18. The van der Waals surface area contributed by atoms with Gasteiger partial charge in [0, 0.05) is 12.6 Å². The lowest BCUT2D eigenvalue weighted by atomic mass is 10.1. The Morgan fingerprint density at radius 2 is 1.81 bits per heavy atom. The number of amidine groups is 1. The first-order valence-corrected chi connectivity index (χ1v) is 10.0. The highest BCUT2D eigenvalue weighted by Crippen LogP contribution is 2.42. The summed E-state index contributed by atoms with van der Waals surface area (Å²) < 4.78 is 16.2. The van der Waals surface area contributed by atoms with Gasteiger partial charge in [-0.15, -0.1) is 0 Å². The standard InChI is InChI=1S/C22H22N2O6S/c1-12-14(21(26)27)7-6-8-15(12)23-22-24(2)20(25)17(31-22)11-13-9-10-16(28-3)19(30-5)18(13)29-4/h6-11H,1-5H3,(H,26,27)/b17-11-,23-22?. The molecule has 162 valence electrons. The molecule has 0 aromatic heterocycles. The number of benzene rings is 2. The lowest BCUT2D eigenvalue weighted by Crippen LogP contribution is -2.23. The number of carboxylic acids is 1. The van der Waals surface area contributed by atoms with Gasteiger partial charge in [0.2, 0.25) is 5.75 Å². The molecule has 1 fully saturated rings. The molecule has 0 unspecified atom stereocenters. The second-order valence-electron chi connectivity index (χ2n) is 6.55. The number of rotatable bonds is 6. The quantitative estimate of drug-likeness (QED) is 0.677.